The Morgan fingerprint density at radius 3 is 1.80 bits per heavy atom. The van der Waals surface area contributed by atoms with Crippen molar-refractivity contribution in [1.29, 1.82) is 0 Å². The van der Waals surface area contributed by atoms with Gasteiger partial charge in [0.2, 0.25) is 0 Å². The lowest BCUT2D eigenvalue weighted by Gasteiger charge is -2.07. The van der Waals surface area contributed by atoms with Gasteiger partial charge in [0.15, 0.2) is 0 Å². The Morgan fingerprint density at radius 2 is 1.25 bits per heavy atom. The van der Waals surface area contributed by atoms with Crippen LogP contribution in [-0.4, -0.2) is 9.78 Å². The molecule has 0 aliphatic carbocycles. The number of hydrogen-bond donors (Lipinski definition) is 0. The highest BCUT2D eigenvalue weighted by Gasteiger charge is 2.12. The zero-order valence-electron chi connectivity index (χ0n) is 12.1. The first kappa shape index (κ1) is 12.7. The summed E-state index contributed by atoms with van der Waals surface area (Å²) in [5, 5.41) is 4.43. The van der Waals surface area contributed by atoms with Gasteiger partial charge in [-0.15, -0.1) is 0 Å². The van der Waals surface area contributed by atoms with E-state index in [1.807, 2.05) is 17.9 Å². The summed E-state index contributed by atoms with van der Waals surface area (Å²) < 4.78 is 1.94. The van der Waals surface area contributed by atoms with Gasteiger partial charge in [-0.2, -0.15) is 5.10 Å². The fourth-order valence-corrected chi connectivity index (χ4v) is 2.44. The van der Waals surface area contributed by atoms with E-state index < -0.39 is 0 Å². The van der Waals surface area contributed by atoms with Crippen LogP contribution in [0.1, 0.15) is 11.1 Å². The molecular weight excluding hydrogens is 244 g/mol. The van der Waals surface area contributed by atoms with Gasteiger partial charge >= 0.3 is 0 Å². The first-order valence-corrected chi connectivity index (χ1v) is 6.81. The molecule has 20 heavy (non-hydrogen) atoms. The highest BCUT2D eigenvalue weighted by atomic mass is 15.3. The van der Waals surface area contributed by atoms with E-state index in [9.17, 15) is 0 Å². The van der Waals surface area contributed by atoms with E-state index in [-0.39, 0.29) is 0 Å². The van der Waals surface area contributed by atoms with E-state index >= 15 is 0 Å². The molecule has 2 aromatic carbocycles. The van der Waals surface area contributed by atoms with Crippen LogP contribution in [-0.2, 0) is 7.05 Å². The fourth-order valence-electron chi connectivity index (χ4n) is 2.44. The van der Waals surface area contributed by atoms with Crippen molar-refractivity contribution < 1.29 is 0 Å². The Bertz CT molecular complexity index is 719. The predicted molar refractivity (Wildman–Crippen MR) is 83.6 cm³/mol. The molecule has 0 atom stereocenters. The minimum absolute atomic E-state index is 1.16. The average molecular weight is 262 g/mol. The molecule has 0 N–H and O–H groups in total. The second-order valence-electron chi connectivity index (χ2n) is 5.26. The molecular formula is C18H18N2. The molecule has 0 spiro atoms. The lowest BCUT2D eigenvalue weighted by atomic mass is 10.00. The monoisotopic (exact) mass is 262 g/mol. The molecule has 0 aliphatic heterocycles. The lowest BCUT2D eigenvalue weighted by molar-refractivity contribution is 0.776. The van der Waals surface area contributed by atoms with Crippen molar-refractivity contribution in [3.63, 3.8) is 0 Å². The fraction of sp³-hybridized carbons (Fsp3) is 0.167. The topological polar surface area (TPSA) is 17.8 Å². The number of aromatic nitrogens is 2. The van der Waals surface area contributed by atoms with Gasteiger partial charge in [-0.1, -0.05) is 59.7 Å². The van der Waals surface area contributed by atoms with Gasteiger partial charge in [0.1, 0.15) is 0 Å². The van der Waals surface area contributed by atoms with Gasteiger partial charge in [0.25, 0.3) is 0 Å². The van der Waals surface area contributed by atoms with Gasteiger partial charge in [-0.05, 0) is 19.4 Å². The molecule has 2 nitrogen and oxygen atoms in total. The minimum Gasteiger partial charge on any atom is -0.267 e. The van der Waals surface area contributed by atoms with E-state index in [1.165, 1.54) is 27.8 Å². The number of benzene rings is 2. The molecule has 0 fully saturated rings. The number of hydrogen-bond acceptors (Lipinski definition) is 1. The summed E-state index contributed by atoms with van der Waals surface area (Å²) in [7, 11) is 1.99. The van der Waals surface area contributed by atoms with Crippen LogP contribution in [0.5, 0.6) is 0 Å². The van der Waals surface area contributed by atoms with Crippen molar-refractivity contribution in [2.75, 3.05) is 0 Å². The molecule has 0 amide bonds. The van der Waals surface area contributed by atoms with Crippen LogP contribution in [0, 0.1) is 13.8 Å². The Morgan fingerprint density at radius 1 is 0.750 bits per heavy atom. The molecule has 2 heteroatoms. The molecule has 0 radical (unpaired) electrons. The van der Waals surface area contributed by atoms with Crippen molar-refractivity contribution in [1.82, 2.24) is 9.78 Å². The van der Waals surface area contributed by atoms with E-state index in [2.05, 4.69) is 67.5 Å². The Kier molecular flexibility index (Phi) is 3.15. The average Bonchev–Trinajstić information content (AvgIpc) is 2.83. The molecule has 0 aliphatic rings. The molecule has 3 aromatic rings. The van der Waals surface area contributed by atoms with Crippen LogP contribution in [0.2, 0.25) is 0 Å². The second kappa shape index (κ2) is 4.97. The first-order valence-electron chi connectivity index (χ1n) is 6.81. The third kappa shape index (κ3) is 2.25. The van der Waals surface area contributed by atoms with Crippen LogP contribution in [0.4, 0.5) is 0 Å². The lowest BCUT2D eigenvalue weighted by Crippen LogP contribution is -1.94. The normalized spacial score (nSPS) is 10.8. The maximum atomic E-state index is 4.43. The highest BCUT2D eigenvalue weighted by Crippen LogP contribution is 2.31. The summed E-state index contributed by atoms with van der Waals surface area (Å²) in [5.74, 6) is 0. The van der Waals surface area contributed by atoms with Gasteiger partial charge < -0.3 is 0 Å². The summed E-state index contributed by atoms with van der Waals surface area (Å²) in [6, 6.07) is 17.2. The largest absolute Gasteiger partial charge is 0.267 e. The zero-order chi connectivity index (χ0) is 14.1. The maximum Gasteiger partial charge on any atom is 0.0757 e. The number of aryl methyl sites for hydroxylation is 3. The van der Waals surface area contributed by atoms with Crippen molar-refractivity contribution >= 4 is 0 Å². The van der Waals surface area contributed by atoms with E-state index in [1.54, 1.807) is 0 Å². The van der Waals surface area contributed by atoms with Crippen LogP contribution in [0.15, 0.2) is 54.7 Å². The van der Waals surface area contributed by atoms with Crippen LogP contribution in [0.25, 0.3) is 22.4 Å². The van der Waals surface area contributed by atoms with Crippen molar-refractivity contribution in [2.45, 2.75) is 13.8 Å². The Labute approximate surface area is 119 Å². The number of nitrogens with zero attached hydrogens (tertiary/aromatic N) is 2. The van der Waals surface area contributed by atoms with E-state index in [4.69, 9.17) is 0 Å². The summed E-state index contributed by atoms with van der Waals surface area (Å²) in [5.41, 5.74) is 7.29. The maximum absolute atomic E-state index is 4.43. The third-order valence-electron chi connectivity index (χ3n) is 3.63. The van der Waals surface area contributed by atoms with Gasteiger partial charge in [0, 0.05) is 18.2 Å². The zero-order valence-corrected chi connectivity index (χ0v) is 12.1. The molecule has 1 aromatic heterocycles. The number of rotatable bonds is 2. The molecule has 100 valence electrons. The third-order valence-corrected chi connectivity index (χ3v) is 3.63. The van der Waals surface area contributed by atoms with Crippen LogP contribution < -0.4 is 0 Å². The SMILES string of the molecule is Cc1ccc(-c2cnn(C)c2-c2ccc(C)cc2)cc1. The summed E-state index contributed by atoms with van der Waals surface area (Å²) in [6.45, 7) is 4.21. The van der Waals surface area contributed by atoms with E-state index in [0.29, 0.717) is 0 Å². The summed E-state index contributed by atoms with van der Waals surface area (Å²) >= 11 is 0. The Hall–Kier alpha value is -2.35. The van der Waals surface area contributed by atoms with Crippen LogP contribution >= 0.6 is 0 Å². The highest BCUT2D eigenvalue weighted by molar-refractivity contribution is 5.80. The van der Waals surface area contributed by atoms with Crippen molar-refractivity contribution in [2.24, 2.45) is 7.05 Å². The van der Waals surface area contributed by atoms with Gasteiger partial charge in [-0.3, -0.25) is 4.68 Å². The standard InChI is InChI=1S/C18H18N2/c1-13-4-8-15(9-5-13)17-12-19-20(3)18(17)16-10-6-14(2)7-11-16/h4-12H,1-3H3. The smallest absolute Gasteiger partial charge is 0.0757 e. The van der Waals surface area contributed by atoms with Crippen molar-refractivity contribution in [3.8, 4) is 22.4 Å². The van der Waals surface area contributed by atoms with Gasteiger partial charge in [0.05, 0.1) is 11.9 Å². The summed E-state index contributed by atoms with van der Waals surface area (Å²) in [6.07, 6.45) is 1.94. The first-order chi connectivity index (χ1) is 9.65. The van der Waals surface area contributed by atoms with E-state index in [0.717, 1.165) is 5.69 Å². The molecule has 0 unspecified atom stereocenters. The molecule has 1 heterocycles. The quantitative estimate of drug-likeness (QED) is 0.670. The summed E-state index contributed by atoms with van der Waals surface area (Å²) in [4.78, 5) is 0. The second-order valence-corrected chi connectivity index (χ2v) is 5.26. The molecule has 0 saturated carbocycles. The minimum atomic E-state index is 1.16. The Balaban J connectivity index is 2.14. The van der Waals surface area contributed by atoms with Gasteiger partial charge in [-0.25, -0.2) is 0 Å². The van der Waals surface area contributed by atoms with Crippen molar-refractivity contribution in [3.05, 3.63) is 65.9 Å². The molecule has 0 saturated heterocycles. The molecule has 3 rings (SSSR count). The molecule has 0 bridgehead atoms. The van der Waals surface area contributed by atoms with Crippen LogP contribution in [0.3, 0.4) is 0 Å². The predicted octanol–water partition coefficient (Wildman–Crippen LogP) is 4.37.